The van der Waals surface area contributed by atoms with E-state index in [1.54, 1.807) is 12.1 Å². The van der Waals surface area contributed by atoms with Crippen molar-refractivity contribution in [3.63, 3.8) is 0 Å². The van der Waals surface area contributed by atoms with Crippen LogP contribution in [0, 0.1) is 0 Å². The monoisotopic (exact) mass is 542 g/mol. The van der Waals surface area contributed by atoms with Gasteiger partial charge in [0.15, 0.2) is 0 Å². The van der Waals surface area contributed by atoms with E-state index in [1.165, 1.54) is 9.91 Å². The Morgan fingerprint density at radius 3 is 1.71 bits per heavy atom. The molecule has 38 heavy (non-hydrogen) atoms. The Hall–Kier alpha value is -3.63. The fourth-order valence-electron chi connectivity index (χ4n) is 3.51. The van der Waals surface area contributed by atoms with Crippen molar-refractivity contribution in [1.29, 1.82) is 0 Å². The van der Waals surface area contributed by atoms with Gasteiger partial charge in [-0.05, 0) is 12.0 Å². The van der Waals surface area contributed by atoms with Crippen LogP contribution in [0.25, 0.3) is 0 Å². The summed E-state index contributed by atoms with van der Waals surface area (Å²) in [5.74, 6) is -6.10. The predicted octanol–water partition coefficient (Wildman–Crippen LogP) is -1.20. The molecule has 1 rings (SSSR count). The second kappa shape index (κ2) is 17.8. The van der Waals surface area contributed by atoms with E-state index in [0.717, 1.165) is 10.5 Å². The molecule has 212 valence electrons. The SMILES string of the molecule is O=C(O)CN(CCCN(NCCN(CC(=O)O)CC(=O)O)[C@@H](COCc1ccccc1)C(=O)O)CC(=O)O. The Balaban J connectivity index is 2.89. The summed E-state index contributed by atoms with van der Waals surface area (Å²) >= 11 is 0. The number of carboxylic acids is 5. The van der Waals surface area contributed by atoms with Gasteiger partial charge in [-0.3, -0.25) is 39.2 Å². The van der Waals surface area contributed by atoms with E-state index in [-0.39, 0.29) is 45.8 Å². The van der Waals surface area contributed by atoms with Crippen LogP contribution in [0.5, 0.6) is 0 Å². The van der Waals surface area contributed by atoms with Crippen molar-refractivity contribution in [3.05, 3.63) is 35.9 Å². The molecule has 0 saturated heterocycles. The highest BCUT2D eigenvalue weighted by Gasteiger charge is 2.26. The molecule has 0 aliphatic carbocycles. The number of ether oxygens (including phenoxy) is 1. The summed E-state index contributed by atoms with van der Waals surface area (Å²) in [6, 6.07) is 7.85. The Labute approximate surface area is 218 Å². The van der Waals surface area contributed by atoms with Gasteiger partial charge in [0.25, 0.3) is 0 Å². The Bertz CT molecular complexity index is 842. The Morgan fingerprint density at radius 1 is 0.737 bits per heavy atom. The summed E-state index contributed by atoms with van der Waals surface area (Å²) in [6.07, 6.45) is 0.185. The van der Waals surface area contributed by atoms with E-state index in [0.29, 0.717) is 0 Å². The molecule has 1 atom stereocenters. The maximum absolute atomic E-state index is 12.1. The molecule has 15 heteroatoms. The number of carboxylic acid groups (broad SMARTS) is 5. The normalized spacial score (nSPS) is 12.1. The van der Waals surface area contributed by atoms with Crippen LogP contribution >= 0.6 is 0 Å². The lowest BCUT2D eigenvalue weighted by atomic mass is 10.2. The Kier molecular flexibility index (Phi) is 15.1. The summed E-state index contributed by atoms with van der Waals surface area (Å²) in [6.45, 7) is -2.13. The maximum atomic E-state index is 12.1. The maximum Gasteiger partial charge on any atom is 0.324 e. The Morgan fingerprint density at radius 2 is 1.24 bits per heavy atom. The lowest BCUT2D eigenvalue weighted by Crippen LogP contribution is -2.54. The van der Waals surface area contributed by atoms with E-state index in [9.17, 15) is 29.1 Å². The van der Waals surface area contributed by atoms with Gasteiger partial charge < -0.3 is 30.3 Å². The number of carbonyl (C=O) groups is 5. The van der Waals surface area contributed by atoms with Crippen LogP contribution in [0.15, 0.2) is 30.3 Å². The van der Waals surface area contributed by atoms with Crippen LogP contribution in [-0.4, -0.2) is 135 Å². The van der Waals surface area contributed by atoms with Crippen molar-refractivity contribution in [2.75, 3.05) is 59.0 Å². The predicted molar refractivity (Wildman–Crippen MR) is 130 cm³/mol. The summed E-state index contributed by atoms with van der Waals surface area (Å²) < 4.78 is 5.60. The highest BCUT2D eigenvalue weighted by Crippen LogP contribution is 2.06. The van der Waals surface area contributed by atoms with Gasteiger partial charge in [-0.15, -0.1) is 0 Å². The molecule has 1 aromatic carbocycles. The van der Waals surface area contributed by atoms with E-state index < -0.39 is 62.1 Å². The van der Waals surface area contributed by atoms with Crippen LogP contribution in [-0.2, 0) is 35.3 Å². The third-order valence-electron chi connectivity index (χ3n) is 5.10. The van der Waals surface area contributed by atoms with E-state index in [1.807, 2.05) is 18.2 Å². The van der Waals surface area contributed by atoms with Crippen molar-refractivity contribution < 1.29 is 54.2 Å². The van der Waals surface area contributed by atoms with Gasteiger partial charge in [-0.25, -0.2) is 5.01 Å². The fourth-order valence-corrected chi connectivity index (χ4v) is 3.51. The van der Waals surface area contributed by atoms with Crippen LogP contribution in [0.2, 0.25) is 0 Å². The molecule has 0 fully saturated rings. The van der Waals surface area contributed by atoms with Crippen molar-refractivity contribution in [2.24, 2.45) is 0 Å². The molecule has 0 unspecified atom stereocenters. The molecule has 0 aliphatic rings. The summed E-state index contributed by atoms with van der Waals surface area (Å²) in [5, 5.41) is 47.2. The quantitative estimate of drug-likeness (QED) is 0.0948. The fraction of sp³-hybridized carbons (Fsp3) is 0.522. The van der Waals surface area contributed by atoms with Gasteiger partial charge in [0.2, 0.25) is 0 Å². The van der Waals surface area contributed by atoms with Gasteiger partial charge in [0.05, 0.1) is 39.4 Å². The molecular weight excluding hydrogens is 508 g/mol. The second-order valence-electron chi connectivity index (χ2n) is 8.31. The van der Waals surface area contributed by atoms with Crippen LogP contribution in [0.1, 0.15) is 12.0 Å². The number of rotatable bonds is 22. The molecule has 15 nitrogen and oxygen atoms in total. The minimum atomic E-state index is -1.23. The van der Waals surface area contributed by atoms with Crippen molar-refractivity contribution >= 4 is 29.8 Å². The highest BCUT2D eigenvalue weighted by atomic mass is 16.5. The molecule has 0 saturated carbocycles. The lowest BCUT2D eigenvalue weighted by molar-refractivity contribution is -0.148. The minimum Gasteiger partial charge on any atom is -0.480 e. The van der Waals surface area contributed by atoms with Gasteiger partial charge in [-0.1, -0.05) is 30.3 Å². The highest BCUT2D eigenvalue weighted by molar-refractivity contribution is 5.74. The van der Waals surface area contributed by atoms with Gasteiger partial charge in [0.1, 0.15) is 6.04 Å². The third-order valence-corrected chi connectivity index (χ3v) is 5.10. The molecule has 0 aromatic heterocycles. The number of hydrazine groups is 1. The summed E-state index contributed by atoms with van der Waals surface area (Å²) in [7, 11) is 0. The molecule has 0 radical (unpaired) electrons. The van der Waals surface area contributed by atoms with Crippen LogP contribution in [0.3, 0.4) is 0 Å². The number of nitrogens with zero attached hydrogens (tertiary/aromatic N) is 3. The first-order valence-corrected chi connectivity index (χ1v) is 11.6. The number of nitrogens with one attached hydrogen (secondary N) is 1. The average molecular weight is 543 g/mol. The largest absolute Gasteiger partial charge is 0.480 e. The van der Waals surface area contributed by atoms with Gasteiger partial charge in [0, 0.05) is 26.2 Å². The number of hydrogen-bond donors (Lipinski definition) is 6. The molecule has 1 aromatic rings. The molecule has 0 aliphatic heterocycles. The van der Waals surface area contributed by atoms with E-state index >= 15 is 0 Å². The first-order chi connectivity index (χ1) is 18.0. The minimum absolute atomic E-state index is 0.00298. The topological polar surface area (TPSA) is 217 Å². The van der Waals surface area contributed by atoms with Crippen LogP contribution < -0.4 is 5.43 Å². The van der Waals surface area contributed by atoms with Crippen molar-refractivity contribution in [1.82, 2.24) is 20.2 Å². The lowest BCUT2D eigenvalue weighted by Gasteiger charge is -2.31. The number of benzene rings is 1. The smallest absolute Gasteiger partial charge is 0.324 e. The van der Waals surface area contributed by atoms with E-state index in [2.05, 4.69) is 5.43 Å². The first-order valence-electron chi connectivity index (χ1n) is 11.6. The molecule has 0 spiro atoms. The second-order valence-corrected chi connectivity index (χ2v) is 8.31. The number of aliphatic carboxylic acids is 5. The molecule has 0 heterocycles. The van der Waals surface area contributed by atoms with Crippen molar-refractivity contribution in [3.8, 4) is 0 Å². The average Bonchev–Trinajstić information content (AvgIpc) is 2.80. The zero-order chi connectivity index (χ0) is 28.5. The number of hydrogen-bond acceptors (Lipinski definition) is 10. The zero-order valence-corrected chi connectivity index (χ0v) is 20.8. The molecule has 0 amide bonds. The zero-order valence-electron chi connectivity index (χ0n) is 20.8. The van der Waals surface area contributed by atoms with Gasteiger partial charge in [-0.2, -0.15) is 0 Å². The first kappa shape index (κ1) is 32.4. The summed E-state index contributed by atoms with van der Waals surface area (Å²) in [5.41, 5.74) is 3.70. The molecule has 0 bridgehead atoms. The van der Waals surface area contributed by atoms with Crippen LogP contribution in [0.4, 0.5) is 0 Å². The van der Waals surface area contributed by atoms with Gasteiger partial charge >= 0.3 is 29.8 Å². The van der Waals surface area contributed by atoms with Crippen molar-refractivity contribution in [2.45, 2.75) is 19.1 Å². The third kappa shape index (κ3) is 14.8. The standard InChI is InChI=1S/C23H34N4O11/c28-19(29)11-25(12-20(30)31)8-4-9-27(24-7-10-26(13-21(32)33)14-22(34)35)18(23(36)37)16-38-15-17-5-2-1-3-6-17/h1-3,5-6,18,24H,4,7-16H2,(H,28,29)(H,30,31)(H,32,33)(H,34,35)(H,36,37)/t18-/m0/s1. The van der Waals surface area contributed by atoms with E-state index in [4.69, 9.17) is 25.2 Å². The molecule has 6 N–H and O–H groups in total. The molecular formula is C23H34N4O11. The summed E-state index contributed by atoms with van der Waals surface area (Å²) in [4.78, 5) is 58.5.